The molecule has 1 aromatic carbocycles. The van der Waals surface area contributed by atoms with Crippen molar-refractivity contribution in [1.82, 2.24) is 20.1 Å². The van der Waals surface area contributed by atoms with Crippen LogP contribution >= 0.6 is 0 Å². The SMILES string of the molecule is O=C(NCC(F)(F)F)c1ccc(S(=O)(=O)Nc2ccn(Cc3ccccn3)n2)cc1. The molecule has 12 heteroatoms. The molecular formula is C18H16F3N5O3S. The number of carbonyl (C=O) groups excluding carboxylic acids is 1. The van der Waals surface area contributed by atoms with Gasteiger partial charge in [-0.15, -0.1) is 0 Å². The zero-order chi connectivity index (χ0) is 21.8. The van der Waals surface area contributed by atoms with Crippen LogP contribution in [0.4, 0.5) is 19.0 Å². The van der Waals surface area contributed by atoms with Crippen molar-refractivity contribution in [2.45, 2.75) is 17.6 Å². The third kappa shape index (κ3) is 5.80. The fourth-order valence-corrected chi connectivity index (χ4v) is 3.42. The van der Waals surface area contributed by atoms with Crippen LogP contribution in [0.1, 0.15) is 16.1 Å². The number of nitrogens with zero attached hydrogens (tertiary/aromatic N) is 3. The number of hydrogen-bond donors (Lipinski definition) is 2. The molecule has 0 saturated carbocycles. The van der Waals surface area contributed by atoms with Gasteiger partial charge < -0.3 is 5.32 Å². The maximum absolute atomic E-state index is 12.5. The predicted molar refractivity (Wildman–Crippen MR) is 101 cm³/mol. The highest BCUT2D eigenvalue weighted by atomic mass is 32.2. The highest BCUT2D eigenvalue weighted by molar-refractivity contribution is 7.92. The number of amides is 1. The molecular weight excluding hydrogens is 423 g/mol. The van der Waals surface area contributed by atoms with E-state index in [4.69, 9.17) is 0 Å². The summed E-state index contributed by atoms with van der Waals surface area (Å²) >= 11 is 0. The van der Waals surface area contributed by atoms with E-state index in [1.54, 1.807) is 29.8 Å². The van der Waals surface area contributed by atoms with Gasteiger partial charge in [-0.25, -0.2) is 8.42 Å². The van der Waals surface area contributed by atoms with Gasteiger partial charge in [-0.3, -0.25) is 19.2 Å². The molecule has 2 aromatic heterocycles. The van der Waals surface area contributed by atoms with Crippen LogP contribution in [-0.4, -0.2) is 41.8 Å². The molecule has 8 nitrogen and oxygen atoms in total. The molecule has 0 radical (unpaired) electrons. The van der Waals surface area contributed by atoms with Crippen molar-refractivity contribution >= 4 is 21.7 Å². The molecule has 0 fully saturated rings. The van der Waals surface area contributed by atoms with Crippen molar-refractivity contribution in [1.29, 1.82) is 0 Å². The largest absolute Gasteiger partial charge is 0.405 e. The Bertz CT molecular complexity index is 1110. The second kappa shape index (κ2) is 8.53. The van der Waals surface area contributed by atoms with Crippen LogP contribution in [0.2, 0.25) is 0 Å². The lowest BCUT2D eigenvalue weighted by Crippen LogP contribution is -2.33. The maximum Gasteiger partial charge on any atom is 0.405 e. The molecule has 0 spiro atoms. The van der Waals surface area contributed by atoms with Crippen LogP contribution in [0.15, 0.2) is 65.8 Å². The van der Waals surface area contributed by atoms with Gasteiger partial charge in [0.05, 0.1) is 17.1 Å². The average molecular weight is 439 g/mol. The van der Waals surface area contributed by atoms with Crippen molar-refractivity contribution < 1.29 is 26.4 Å². The second-order valence-electron chi connectivity index (χ2n) is 6.15. The monoisotopic (exact) mass is 439 g/mol. The maximum atomic E-state index is 12.5. The molecule has 3 aromatic rings. The van der Waals surface area contributed by atoms with E-state index in [-0.39, 0.29) is 16.3 Å². The number of hydrogen-bond acceptors (Lipinski definition) is 5. The van der Waals surface area contributed by atoms with E-state index in [0.29, 0.717) is 6.54 Å². The lowest BCUT2D eigenvalue weighted by Gasteiger charge is -2.09. The van der Waals surface area contributed by atoms with E-state index in [9.17, 15) is 26.4 Å². The van der Waals surface area contributed by atoms with Crippen LogP contribution in [0.3, 0.4) is 0 Å². The van der Waals surface area contributed by atoms with Gasteiger partial charge in [-0.05, 0) is 36.4 Å². The minimum atomic E-state index is -4.54. The zero-order valence-corrected chi connectivity index (χ0v) is 16.1. The summed E-state index contributed by atoms with van der Waals surface area (Å²) in [6.07, 6.45) is -1.32. The molecule has 2 N–H and O–H groups in total. The number of pyridine rings is 1. The Hall–Kier alpha value is -3.41. The number of alkyl halides is 3. The summed E-state index contributed by atoms with van der Waals surface area (Å²) in [6, 6.07) is 11.4. The molecule has 0 aliphatic heterocycles. The van der Waals surface area contributed by atoms with Gasteiger partial charge in [0, 0.05) is 24.0 Å². The highest BCUT2D eigenvalue weighted by Gasteiger charge is 2.28. The summed E-state index contributed by atoms with van der Waals surface area (Å²) in [5.41, 5.74) is 0.646. The summed E-state index contributed by atoms with van der Waals surface area (Å²) in [5, 5.41) is 5.84. The van der Waals surface area contributed by atoms with E-state index in [1.165, 1.54) is 10.7 Å². The van der Waals surface area contributed by atoms with Crippen molar-refractivity contribution in [2.24, 2.45) is 0 Å². The topological polar surface area (TPSA) is 106 Å². The van der Waals surface area contributed by atoms with E-state index in [2.05, 4.69) is 14.8 Å². The highest BCUT2D eigenvalue weighted by Crippen LogP contribution is 2.16. The Labute approximate surface area is 169 Å². The summed E-state index contributed by atoms with van der Waals surface area (Å²) < 4.78 is 65.3. The van der Waals surface area contributed by atoms with Crippen LogP contribution in [0, 0.1) is 0 Å². The van der Waals surface area contributed by atoms with E-state index in [1.807, 2.05) is 6.07 Å². The lowest BCUT2D eigenvalue weighted by atomic mass is 10.2. The van der Waals surface area contributed by atoms with E-state index < -0.39 is 28.7 Å². The first-order chi connectivity index (χ1) is 14.1. The normalized spacial score (nSPS) is 11.8. The molecule has 0 bridgehead atoms. The smallest absolute Gasteiger partial charge is 0.343 e. The molecule has 0 aliphatic rings. The van der Waals surface area contributed by atoms with Gasteiger partial charge in [-0.1, -0.05) is 6.07 Å². The Balaban J connectivity index is 1.65. The third-order valence-corrected chi connectivity index (χ3v) is 5.18. The molecule has 3 rings (SSSR count). The van der Waals surface area contributed by atoms with Crippen molar-refractivity contribution in [2.75, 3.05) is 11.3 Å². The number of anilines is 1. The number of carbonyl (C=O) groups is 1. The molecule has 30 heavy (non-hydrogen) atoms. The molecule has 2 heterocycles. The minimum absolute atomic E-state index is 0.0814. The fourth-order valence-electron chi connectivity index (χ4n) is 2.43. The fraction of sp³-hybridized carbons (Fsp3) is 0.167. The molecule has 0 unspecified atom stereocenters. The summed E-state index contributed by atoms with van der Waals surface area (Å²) in [5.74, 6) is -0.879. The standard InChI is InChI=1S/C18H16F3N5O3S/c19-18(20,21)12-23-17(27)13-4-6-15(7-5-13)30(28,29)25-16-8-10-26(24-16)11-14-3-1-2-9-22-14/h1-10H,11-12H2,(H,23,27)(H,24,25). The molecule has 0 aliphatic carbocycles. The number of sulfonamides is 1. The molecule has 158 valence electrons. The number of nitrogens with one attached hydrogen (secondary N) is 2. The number of benzene rings is 1. The Morgan fingerprint density at radius 1 is 1.07 bits per heavy atom. The minimum Gasteiger partial charge on any atom is -0.343 e. The first-order valence-corrected chi connectivity index (χ1v) is 10.0. The quantitative estimate of drug-likeness (QED) is 0.588. The Morgan fingerprint density at radius 2 is 1.80 bits per heavy atom. The van der Waals surface area contributed by atoms with Gasteiger partial charge in [0.15, 0.2) is 5.82 Å². The number of aromatic nitrogens is 3. The van der Waals surface area contributed by atoms with Gasteiger partial charge in [0.2, 0.25) is 0 Å². The Kier molecular flexibility index (Phi) is 6.06. The molecule has 1 amide bonds. The molecule has 0 saturated heterocycles. The van der Waals surface area contributed by atoms with Crippen LogP contribution in [0.5, 0.6) is 0 Å². The van der Waals surface area contributed by atoms with Crippen LogP contribution < -0.4 is 10.0 Å². The molecule has 0 atom stereocenters. The van der Waals surface area contributed by atoms with Crippen LogP contribution in [-0.2, 0) is 16.6 Å². The van der Waals surface area contributed by atoms with Gasteiger partial charge in [-0.2, -0.15) is 18.3 Å². The zero-order valence-electron chi connectivity index (χ0n) is 15.3. The third-order valence-electron chi connectivity index (χ3n) is 3.81. The number of halogens is 3. The van der Waals surface area contributed by atoms with Crippen molar-refractivity contribution in [3.8, 4) is 0 Å². The van der Waals surface area contributed by atoms with E-state index >= 15 is 0 Å². The van der Waals surface area contributed by atoms with Gasteiger partial charge in [0.25, 0.3) is 15.9 Å². The first-order valence-electron chi connectivity index (χ1n) is 8.54. The Morgan fingerprint density at radius 3 is 2.43 bits per heavy atom. The lowest BCUT2D eigenvalue weighted by molar-refractivity contribution is -0.123. The van der Waals surface area contributed by atoms with Gasteiger partial charge in [0.1, 0.15) is 6.54 Å². The number of rotatable bonds is 7. The van der Waals surface area contributed by atoms with Crippen molar-refractivity contribution in [3.05, 3.63) is 72.2 Å². The van der Waals surface area contributed by atoms with Crippen molar-refractivity contribution in [3.63, 3.8) is 0 Å². The van der Waals surface area contributed by atoms with Gasteiger partial charge >= 0.3 is 6.18 Å². The van der Waals surface area contributed by atoms with E-state index in [0.717, 1.165) is 30.0 Å². The predicted octanol–water partition coefficient (Wildman–Crippen LogP) is 2.42. The van der Waals surface area contributed by atoms with Crippen LogP contribution in [0.25, 0.3) is 0 Å². The average Bonchev–Trinajstić information content (AvgIpc) is 3.12. The summed E-state index contributed by atoms with van der Waals surface area (Å²) in [4.78, 5) is 15.7. The summed E-state index contributed by atoms with van der Waals surface area (Å²) in [7, 11) is -4.00. The summed E-state index contributed by atoms with van der Waals surface area (Å²) in [6.45, 7) is -1.13. The second-order valence-corrected chi connectivity index (χ2v) is 7.83. The first kappa shape index (κ1) is 21.3.